The van der Waals surface area contributed by atoms with Crippen molar-refractivity contribution in [1.82, 2.24) is 9.29 Å². The van der Waals surface area contributed by atoms with E-state index in [-0.39, 0.29) is 4.90 Å². The molecule has 1 heterocycles. The van der Waals surface area contributed by atoms with Crippen LogP contribution in [0.3, 0.4) is 0 Å². The third kappa shape index (κ3) is 5.61. The van der Waals surface area contributed by atoms with Crippen LogP contribution in [0.25, 0.3) is 0 Å². The van der Waals surface area contributed by atoms with E-state index in [4.69, 9.17) is 0 Å². The molecule has 0 fully saturated rings. The minimum Gasteiger partial charge on any atom is -0.261 e. The molecule has 0 amide bonds. The van der Waals surface area contributed by atoms with Crippen molar-refractivity contribution in [3.63, 3.8) is 0 Å². The third-order valence-electron chi connectivity index (χ3n) is 4.09. The number of nitrogens with zero attached hydrogens (tertiary/aromatic N) is 3. The molecule has 0 aliphatic rings. The minimum atomic E-state index is -3.50. The molecule has 0 radical (unpaired) electrons. The molecule has 0 saturated carbocycles. The first-order valence-corrected chi connectivity index (χ1v) is 10.7. The first kappa shape index (κ1) is 21.1. The van der Waals surface area contributed by atoms with Gasteiger partial charge < -0.3 is 0 Å². The van der Waals surface area contributed by atoms with Crippen molar-refractivity contribution in [2.75, 3.05) is 18.5 Å². The summed E-state index contributed by atoms with van der Waals surface area (Å²) in [6.07, 6.45) is 2.20. The van der Waals surface area contributed by atoms with Crippen molar-refractivity contribution < 1.29 is 8.42 Å². The number of sulfonamides is 1. The lowest BCUT2D eigenvalue weighted by molar-refractivity contribution is 0.445. The largest absolute Gasteiger partial charge is 0.261 e. The van der Waals surface area contributed by atoms with Crippen molar-refractivity contribution in [2.24, 2.45) is 11.0 Å². The lowest BCUT2D eigenvalue weighted by atomic mass is 10.0. The number of hydrogen-bond acceptors (Lipinski definition) is 5. The lowest BCUT2D eigenvalue weighted by Gasteiger charge is -2.18. The molecule has 7 heteroatoms. The number of benzene rings is 1. The summed E-state index contributed by atoms with van der Waals surface area (Å²) < 4.78 is 26.4. The molecule has 1 aromatic heterocycles. The summed E-state index contributed by atoms with van der Waals surface area (Å²) in [6, 6.07) is 13.2. The second-order valence-electron chi connectivity index (χ2n) is 6.60. The van der Waals surface area contributed by atoms with Crippen molar-refractivity contribution in [2.45, 2.75) is 39.0 Å². The zero-order chi connectivity index (χ0) is 19.9. The normalized spacial score (nSPS) is 12.6. The van der Waals surface area contributed by atoms with Gasteiger partial charge in [-0.2, -0.15) is 9.41 Å². The number of hydrazone groups is 1. The molecular weight excluding hydrogens is 360 g/mol. The van der Waals surface area contributed by atoms with Crippen molar-refractivity contribution in [3.8, 4) is 0 Å². The first-order chi connectivity index (χ1) is 12.9. The van der Waals surface area contributed by atoms with Crippen LogP contribution in [0.4, 0.5) is 5.82 Å². The zero-order valence-electron chi connectivity index (χ0n) is 16.4. The molecule has 27 heavy (non-hydrogen) atoms. The molecule has 0 spiro atoms. The molecular formula is C20H28N4O2S. The SMILES string of the molecule is CCN(CC)S(=O)(=O)c1ccc(N/N=C(\CC(C)C)c2ccccc2)nc1. The highest BCUT2D eigenvalue weighted by Crippen LogP contribution is 2.17. The van der Waals surface area contributed by atoms with Gasteiger partial charge in [-0.05, 0) is 30.0 Å². The fourth-order valence-corrected chi connectivity index (χ4v) is 4.09. The predicted octanol–water partition coefficient (Wildman–Crippen LogP) is 3.97. The summed E-state index contributed by atoms with van der Waals surface area (Å²) in [7, 11) is -3.50. The molecule has 146 valence electrons. The van der Waals surface area contributed by atoms with Gasteiger partial charge in [0, 0.05) is 19.3 Å². The van der Waals surface area contributed by atoms with Gasteiger partial charge in [0.25, 0.3) is 0 Å². The molecule has 0 saturated heterocycles. The van der Waals surface area contributed by atoms with E-state index in [9.17, 15) is 8.42 Å². The van der Waals surface area contributed by atoms with Crippen molar-refractivity contribution in [3.05, 3.63) is 54.2 Å². The fraction of sp³-hybridized carbons (Fsp3) is 0.400. The van der Waals surface area contributed by atoms with Crippen LogP contribution in [0.1, 0.15) is 39.7 Å². The van der Waals surface area contributed by atoms with Crippen LogP contribution in [-0.2, 0) is 10.0 Å². The van der Waals surface area contributed by atoms with E-state index in [1.165, 1.54) is 10.5 Å². The summed E-state index contributed by atoms with van der Waals surface area (Å²) in [5, 5.41) is 4.51. The Morgan fingerprint density at radius 2 is 1.78 bits per heavy atom. The van der Waals surface area contributed by atoms with E-state index in [0.717, 1.165) is 17.7 Å². The van der Waals surface area contributed by atoms with E-state index in [1.54, 1.807) is 12.1 Å². The molecule has 0 atom stereocenters. The maximum Gasteiger partial charge on any atom is 0.244 e. The Morgan fingerprint density at radius 3 is 2.30 bits per heavy atom. The topological polar surface area (TPSA) is 74.7 Å². The van der Waals surface area contributed by atoms with Crippen LogP contribution in [0.5, 0.6) is 0 Å². The van der Waals surface area contributed by atoms with Crippen molar-refractivity contribution in [1.29, 1.82) is 0 Å². The van der Waals surface area contributed by atoms with E-state index in [2.05, 4.69) is 29.4 Å². The van der Waals surface area contributed by atoms with Gasteiger partial charge in [0.1, 0.15) is 10.7 Å². The minimum absolute atomic E-state index is 0.186. The molecule has 2 aromatic rings. The molecule has 0 aliphatic heterocycles. The first-order valence-electron chi connectivity index (χ1n) is 9.22. The van der Waals surface area contributed by atoms with Crippen LogP contribution in [0, 0.1) is 5.92 Å². The molecule has 0 unspecified atom stereocenters. The Hall–Kier alpha value is -2.25. The number of aromatic nitrogens is 1. The van der Waals surface area contributed by atoms with Gasteiger partial charge in [0.15, 0.2) is 0 Å². The molecule has 1 aromatic carbocycles. The van der Waals surface area contributed by atoms with Crippen LogP contribution in [0.2, 0.25) is 0 Å². The van der Waals surface area contributed by atoms with E-state index in [1.807, 2.05) is 44.2 Å². The summed E-state index contributed by atoms with van der Waals surface area (Å²) >= 11 is 0. The Labute approximate surface area is 162 Å². The van der Waals surface area contributed by atoms with Crippen LogP contribution < -0.4 is 5.43 Å². The highest BCUT2D eigenvalue weighted by Gasteiger charge is 2.21. The number of rotatable bonds is 9. The monoisotopic (exact) mass is 388 g/mol. The molecule has 0 aliphatic carbocycles. The zero-order valence-corrected chi connectivity index (χ0v) is 17.2. The average Bonchev–Trinajstić information content (AvgIpc) is 2.66. The van der Waals surface area contributed by atoms with Gasteiger partial charge in [-0.25, -0.2) is 13.4 Å². The molecule has 1 N–H and O–H groups in total. The van der Waals surface area contributed by atoms with Crippen molar-refractivity contribution >= 4 is 21.6 Å². The number of nitrogens with one attached hydrogen (secondary N) is 1. The quantitative estimate of drug-likeness (QED) is 0.521. The van der Waals surface area contributed by atoms with Crippen LogP contribution in [0.15, 0.2) is 58.7 Å². The standard InChI is InChI=1S/C20H28N4O2S/c1-5-24(6-2)27(25,26)18-12-13-20(21-15-18)23-22-19(14-16(3)4)17-10-8-7-9-11-17/h7-13,15-16H,5-6,14H2,1-4H3,(H,21,23)/b22-19+. The average molecular weight is 389 g/mol. The van der Waals surface area contributed by atoms with E-state index in [0.29, 0.717) is 24.8 Å². The van der Waals surface area contributed by atoms with Gasteiger partial charge in [-0.1, -0.05) is 58.0 Å². The fourth-order valence-electron chi connectivity index (χ4n) is 2.68. The number of anilines is 1. The Balaban J connectivity index is 2.20. The second kappa shape index (κ2) is 9.62. The maximum atomic E-state index is 12.5. The molecule has 6 nitrogen and oxygen atoms in total. The second-order valence-corrected chi connectivity index (χ2v) is 8.54. The Morgan fingerprint density at radius 1 is 1.11 bits per heavy atom. The predicted molar refractivity (Wildman–Crippen MR) is 110 cm³/mol. The summed E-state index contributed by atoms with van der Waals surface area (Å²) in [4.78, 5) is 4.40. The smallest absolute Gasteiger partial charge is 0.244 e. The maximum absolute atomic E-state index is 12.5. The summed E-state index contributed by atoms with van der Waals surface area (Å²) in [5.41, 5.74) is 4.95. The van der Waals surface area contributed by atoms with E-state index < -0.39 is 10.0 Å². The Kier molecular flexibility index (Phi) is 7.50. The highest BCUT2D eigenvalue weighted by atomic mass is 32.2. The van der Waals surface area contributed by atoms with Gasteiger partial charge in [0.2, 0.25) is 10.0 Å². The summed E-state index contributed by atoms with van der Waals surface area (Å²) in [5.74, 6) is 0.964. The Bertz CT molecular complexity index is 843. The van der Waals surface area contributed by atoms with Gasteiger partial charge >= 0.3 is 0 Å². The van der Waals surface area contributed by atoms with E-state index >= 15 is 0 Å². The van der Waals surface area contributed by atoms with Crippen LogP contribution >= 0.6 is 0 Å². The van der Waals surface area contributed by atoms with Crippen LogP contribution in [-0.4, -0.2) is 36.5 Å². The molecule has 0 bridgehead atoms. The van der Waals surface area contributed by atoms with Gasteiger partial charge in [0.05, 0.1) is 5.71 Å². The summed E-state index contributed by atoms with van der Waals surface area (Å²) in [6.45, 7) is 8.78. The number of pyridine rings is 1. The van der Waals surface area contributed by atoms with Gasteiger partial charge in [-0.15, -0.1) is 0 Å². The van der Waals surface area contributed by atoms with Gasteiger partial charge in [-0.3, -0.25) is 5.43 Å². The lowest BCUT2D eigenvalue weighted by Crippen LogP contribution is -2.30. The number of hydrogen-bond donors (Lipinski definition) is 1. The third-order valence-corrected chi connectivity index (χ3v) is 6.13. The highest BCUT2D eigenvalue weighted by molar-refractivity contribution is 7.89. The molecule has 2 rings (SSSR count).